The number of hydrogen-bond acceptors (Lipinski definition) is 4. The Hall–Kier alpha value is -2.40. The fourth-order valence-electron chi connectivity index (χ4n) is 3.26. The van der Waals surface area contributed by atoms with Gasteiger partial charge in [0.1, 0.15) is 0 Å². The van der Waals surface area contributed by atoms with Crippen LogP contribution >= 0.6 is 0 Å². The van der Waals surface area contributed by atoms with Crippen molar-refractivity contribution in [1.29, 1.82) is 0 Å². The minimum absolute atomic E-state index is 0.0223. The van der Waals surface area contributed by atoms with Gasteiger partial charge in [-0.05, 0) is 49.4 Å². The number of carbonyl (C=O) groups excluding carboxylic acids is 1. The minimum atomic E-state index is -0.209. The van der Waals surface area contributed by atoms with Crippen LogP contribution in [0.3, 0.4) is 0 Å². The highest BCUT2D eigenvalue weighted by Gasteiger charge is 2.21. The molecule has 5 heteroatoms. The highest BCUT2D eigenvalue weighted by Crippen LogP contribution is 2.19. The smallest absolute Gasteiger partial charge is 0.239 e. The van der Waals surface area contributed by atoms with Crippen molar-refractivity contribution < 1.29 is 9.90 Å². The molecule has 5 nitrogen and oxygen atoms in total. The van der Waals surface area contributed by atoms with E-state index in [-0.39, 0.29) is 18.1 Å². The lowest BCUT2D eigenvalue weighted by atomic mass is 9.93. The molecule has 3 rings (SSSR count). The Balaban J connectivity index is 1.64. The number of anilines is 1. The molecule has 132 valence electrons. The van der Waals surface area contributed by atoms with E-state index in [1.54, 1.807) is 6.20 Å². The van der Waals surface area contributed by atoms with Crippen molar-refractivity contribution >= 4 is 11.6 Å². The van der Waals surface area contributed by atoms with E-state index < -0.39 is 0 Å². The lowest BCUT2D eigenvalue weighted by Crippen LogP contribution is -2.44. The van der Waals surface area contributed by atoms with Gasteiger partial charge in [0.25, 0.3) is 0 Å². The molecule has 1 aromatic carbocycles. The predicted molar refractivity (Wildman–Crippen MR) is 98.1 cm³/mol. The molecule has 0 unspecified atom stereocenters. The van der Waals surface area contributed by atoms with Gasteiger partial charge < -0.3 is 15.3 Å². The molecule has 0 spiro atoms. The first kappa shape index (κ1) is 17.4. The van der Waals surface area contributed by atoms with Gasteiger partial charge in [0.2, 0.25) is 5.91 Å². The number of rotatable bonds is 6. The SMILES string of the molecule is O=C(CN(Cc1cccnc1)c1ccccc1)NC1CCC(O)CC1. The van der Waals surface area contributed by atoms with Crippen LogP contribution in [0, 0.1) is 0 Å². The minimum Gasteiger partial charge on any atom is -0.393 e. The quantitative estimate of drug-likeness (QED) is 0.849. The van der Waals surface area contributed by atoms with Crippen molar-refractivity contribution in [2.45, 2.75) is 44.4 Å². The Bertz CT molecular complexity index is 655. The molecule has 1 aromatic heterocycles. The monoisotopic (exact) mass is 339 g/mol. The van der Waals surface area contributed by atoms with Crippen molar-refractivity contribution in [3.8, 4) is 0 Å². The first-order chi connectivity index (χ1) is 12.2. The number of carbonyl (C=O) groups is 1. The lowest BCUT2D eigenvalue weighted by molar-refractivity contribution is -0.120. The second-order valence-corrected chi connectivity index (χ2v) is 6.63. The fraction of sp³-hybridized carbons (Fsp3) is 0.400. The van der Waals surface area contributed by atoms with Crippen molar-refractivity contribution in [3.63, 3.8) is 0 Å². The highest BCUT2D eigenvalue weighted by atomic mass is 16.3. The molecule has 0 radical (unpaired) electrons. The summed E-state index contributed by atoms with van der Waals surface area (Å²) < 4.78 is 0. The molecule has 1 heterocycles. The van der Waals surface area contributed by atoms with Crippen molar-refractivity contribution in [2.24, 2.45) is 0 Å². The molecule has 1 aliphatic rings. The molecule has 0 saturated heterocycles. The van der Waals surface area contributed by atoms with Crippen molar-refractivity contribution in [1.82, 2.24) is 10.3 Å². The van der Waals surface area contributed by atoms with Gasteiger partial charge in [0, 0.05) is 30.7 Å². The van der Waals surface area contributed by atoms with E-state index in [0.29, 0.717) is 13.1 Å². The normalized spacial score (nSPS) is 20.0. The van der Waals surface area contributed by atoms with E-state index in [4.69, 9.17) is 0 Å². The number of aliphatic hydroxyl groups is 1. The zero-order valence-corrected chi connectivity index (χ0v) is 14.3. The molecule has 25 heavy (non-hydrogen) atoms. The number of hydrogen-bond donors (Lipinski definition) is 2. The number of para-hydroxylation sites is 1. The third kappa shape index (κ3) is 5.29. The number of pyridine rings is 1. The van der Waals surface area contributed by atoms with Gasteiger partial charge in [-0.25, -0.2) is 0 Å². The van der Waals surface area contributed by atoms with Gasteiger partial charge in [0.15, 0.2) is 0 Å². The molecule has 2 N–H and O–H groups in total. The molecule has 1 saturated carbocycles. The van der Waals surface area contributed by atoms with E-state index in [0.717, 1.165) is 36.9 Å². The summed E-state index contributed by atoms with van der Waals surface area (Å²) in [5.41, 5.74) is 2.08. The van der Waals surface area contributed by atoms with E-state index in [1.165, 1.54) is 0 Å². The van der Waals surface area contributed by atoms with Crippen LogP contribution in [0.4, 0.5) is 5.69 Å². The van der Waals surface area contributed by atoms with Crippen LogP contribution in [0.25, 0.3) is 0 Å². The summed E-state index contributed by atoms with van der Waals surface area (Å²) in [6.45, 7) is 0.937. The van der Waals surface area contributed by atoms with Crippen LogP contribution in [0.15, 0.2) is 54.9 Å². The molecule has 1 fully saturated rings. The molecule has 0 bridgehead atoms. The van der Waals surface area contributed by atoms with Crippen molar-refractivity contribution in [3.05, 3.63) is 60.4 Å². The van der Waals surface area contributed by atoms with E-state index in [1.807, 2.05) is 48.7 Å². The van der Waals surface area contributed by atoms with E-state index in [9.17, 15) is 9.90 Å². The van der Waals surface area contributed by atoms with E-state index in [2.05, 4.69) is 15.2 Å². The Morgan fingerprint density at radius 1 is 1.12 bits per heavy atom. The Morgan fingerprint density at radius 3 is 2.56 bits per heavy atom. The fourth-order valence-corrected chi connectivity index (χ4v) is 3.26. The van der Waals surface area contributed by atoms with Crippen LogP contribution in [0.2, 0.25) is 0 Å². The average Bonchev–Trinajstić information content (AvgIpc) is 2.65. The maximum absolute atomic E-state index is 12.5. The van der Waals surface area contributed by atoms with Gasteiger partial charge in [0.05, 0.1) is 12.6 Å². The third-order valence-electron chi connectivity index (χ3n) is 4.61. The predicted octanol–water partition coefficient (Wildman–Crippen LogP) is 2.51. The van der Waals surface area contributed by atoms with Crippen LogP contribution in [-0.2, 0) is 11.3 Å². The van der Waals surface area contributed by atoms with Crippen LogP contribution < -0.4 is 10.2 Å². The summed E-state index contributed by atoms with van der Waals surface area (Å²) in [6, 6.07) is 14.1. The summed E-state index contributed by atoms with van der Waals surface area (Å²) in [5.74, 6) is 0.0223. The summed E-state index contributed by atoms with van der Waals surface area (Å²) in [4.78, 5) is 18.8. The number of nitrogens with one attached hydrogen (secondary N) is 1. The second kappa shape index (κ2) is 8.62. The summed E-state index contributed by atoms with van der Waals surface area (Å²) >= 11 is 0. The molecular formula is C20H25N3O2. The maximum atomic E-state index is 12.5. The van der Waals surface area contributed by atoms with Crippen LogP contribution in [-0.4, -0.2) is 34.7 Å². The molecule has 2 aromatic rings. The first-order valence-corrected chi connectivity index (χ1v) is 8.87. The molecule has 1 amide bonds. The molecular weight excluding hydrogens is 314 g/mol. The van der Waals surface area contributed by atoms with Gasteiger partial charge in [-0.15, -0.1) is 0 Å². The Kier molecular flexibility index (Phi) is 6.01. The number of aromatic nitrogens is 1. The topological polar surface area (TPSA) is 65.5 Å². The maximum Gasteiger partial charge on any atom is 0.239 e. The van der Waals surface area contributed by atoms with Gasteiger partial charge in [-0.3, -0.25) is 9.78 Å². The highest BCUT2D eigenvalue weighted by molar-refractivity contribution is 5.81. The zero-order chi connectivity index (χ0) is 17.5. The lowest BCUT2D eigenvalue weighted by Gasteiger charge is -2.29. The third-order valence-corrected chi connectivity index (χ3v) is 4.61. The van der Waals surface area contributed by atoms with Gasteiger partial charge >= 0.3 is 0 Å². The summed E-state index contributed by atoms with van der Waals surface area (Å²) in [6.07, 6.45) is 6.60. The van der Waals surface area contributed by atoms with Gasteiger partial charge in [-0.2, -0.15) is 0 Å². The largest absolute Gasteiger partial charge is 0.393 e. The van der Waals surface area contributed by atoms with E-state index >= 15 is 0 Å². The first-order valence-electron chi connectivity index (χ1n) is 8.87. The summed E-state index contributed by atoms with van der Waals surface area (Å²) in [7, 11) is 0. The molecule has 0 atom stereocenters. The number of nitrogens with zero attached hydrogens (tertiary/aromatic N) is 2. The number of aliphatic hydroxyl groups excluding tert-OH is 1. The Morgan fingerprint density at radius 2 is 1.88 bits per heavy atom. The van der Waals surface area contributed by atoms with Crippen LogP contribution in [0.5, 0.6) is 0 Å². The average molecular weight is 339 g/mol. The van der Waals surface area contributed by atoms with Crippen molar-refractivity contribution in [2.75, 3.05) is 11.4 Å². The Labute approximate surface area is 148 Å². The zero-order valence-electron chi connectivity index (χ0n) is 14.3. The second-order valence-electron chi connectivity index (χ2n) is 6.63. The van der Waals surface area contributed by atoms with Gasteiger partial charge in [-0.1, -0.05) is 24.3 Å². The molecule has 0 aliphatic heterocycles. The summed E-state index contributed by atoms with van der Waals surface area (Å²) in [5, 5.41) is 12.7. The van der Waals surface area contributed by atoms with Crippen LogP contribution in [0.1, 0.15) is 31.2 Å². The molecule has 1 aliphatic carbocycles. The number of benzene rings is 1. The standard InChI is InChI=1S/C20H25N3O2/c24-19-10-8-17(9-11-19)22-20(25)15-23(18-6-2-1-3-7-18)14-16-5-4-12-21-13-16/h1-7,12-13,17,19,24H,8-11,14-15H2,(H,22,25). The number of amides is 1.